The fourth-order valence-electron chi connectivity index (χ4n) is 2.80. The number of hydrogen-bond acceptors (Lipinski definition) is 5. The van der Waals surface area contributed by atoms with Crippen molar-refractivity contribution in [2.24, 2.45) is 7.05 Å². The molecular weight excluding hydrogens is 312 g/mol. The lowest BCUT2D eigenvalue weighted by molar-refractivity contribution is -0.122. The highest BCUT2D eigenvalue weighted by molar-refractivity contribution is 5.75. The van der Waals surface area contributed by atoms with Crippen LogP contribution in [0.4, 0.5) is 0 Å². The molecule has 8 heteroatoms. The van der Waals surface area contributed by atoms with E-state index in [1.165, 1.54) is 23.9 Å². The van der Waals surface area contributed by atoms with E-state index < -0.39 is 5.69 Å². The summed E-state index contributed by atoms with van der Waals surface area (Å²) in [6, 6.07) is 1.28. The van der Waals surface area contributed by atoms with Gasteiger partial charge in [0.1, 0.15) is 6.54 Å². The van der Waals surface area contributed by atoms with Crippen LogP contribution in [0.15, 0.2) is 21.9 Å². The second kappa shape index (κ2) is 7.76. The van der Waals surface area contributed by atoms with Gasteiger partial charge in [-0.05, 0) is 13.3 Å². The number of hydrogen-bond donors (Lipinski definition) is 1. The smallest absolute Gasteiger partial charge is 0.331 e. The minimum Gasteiger partial charge on any atom is -0.379 e. The van der Waals surface area contributed by atoms with Gasteiger partial charge >= 0.3 is 5.69 Å². The lowest BCUT2D eigenvalue weighted by Gasteiger charge is -2.43. The summed E-state index contributed by atoms with van der Waals surface area (Å²) in [6.45, 7) is 7.73. The summed E-state index contributed by atoms with van der Waals surface area (Å²) in [7, 11) is 1.39. The molecule has 2 rings (SSSR count). The standard InChI is InChI=1S/C16H26N4O4/c1-4-16(2,20-7-9-24-10-8-20)12-17-13(21)11-19-6-5-14(22)18(3)15(19)23/h5-6H,4,7-12H2,1-3H3,(H,17,21)/t16-/m0/s1. The zero-order chi connectivity index (χ0) is 17.7. The number of ether oxygens (including phenoxy) is 1. The Morgan fingerprint density at radius 2 is 2.00 bits per heavy atom. The molecule has 0 saturated carbocycles. The SMILES string of the molecule is CC[C@@](C)(CNC(=O)Cn1ccc(=O)n(C)c1=O)N1CCOCC1. The van der Waals surface area contributed by atoms with E-state index in [0.29, 0.717) is 19.8 Å². The summed E-state index contributed by atoms with van der Waals surface area (Å²) in [5.74, 6) is -0.247. The van der Waals surface area contributed by atoms with Crippen molar-refractivity contribution in [3.63, 3.8) is 0 Å². The molecule has 1 aliphatic rings. The molecule has 0 aliphatic carbocycles. The number of carbonyl (C=O) groups excluding carboxylic acids is 1. The normalized spacial score (nSPS) is 18.1. The lowest BCUT2D eigenvalue weighted by Crippen LogP contribution is -2.57. The molecule has 1 amide bonds. The Kier molecular flexibility index (Phi) is 5.95. The number of nitrogens with one attached hydrogen (secondary N) is 1. The zero-order valence-corrected chi connectivity index (χ0v) is 14.6. The van der Waals surface area contributed by atoms with Crippen LogP contribution in [0.1, 0.15) is 20.3 Å². The van der Waals surface area contributed by atoms with Crippen LogP contribution in [-0.4, -0.2) is 58.3 Å². The van der Waals surface area contributed by atoms with Gasteiger partial charge in [0.2, 0.25) is 5.91 Å². The van der Waals surface area contributed by atoms with E-state index in [2.05, 4.69) is 24.1 Å². The third kappa shape index (κ3) is 4.12. The van der Waals surface area contributed by atoms with Gasteiger partial charge in [0.25, 0.3) is 5.56 Å². The van der Waals surface area contributed by atoms with Crippen LogP contribution in [0.25, 0.3) is 0 Å². The fourth-order valence-corrected chi connectivity index (χ4v) is 2.80. The first-order chi connectivity index (χ1) is 11.4. The number of morpholine rings is 1. The summed E-state index contributed by atoms with van der Waals surface area (Å²) < 4.78 is 7.60. The third-order valence-corrected chi connectivity index (χ3v) is 4.78. The van der Waals surface area contributed by atoms with Gasteiger partial charge in [0, 0.05) is 44.5 Å². The van der Waals surface area contributed by atoms with Crippen LogP contribution in [0, 0.1) is 0 Å². The second-order valence-electron chi connectivity index (χ2n) is 6.35. The van der Waals surface area contributed by atoms with E-state index >= 15 is 0 Å². The van der Waals surface area contributed by atoms with Gasteiger partial charge in [-0.15, -0.1) is 0 Å². The predicted molar refractivity (Wildman–Crippen MR) is 90.0 cm³/mol. The van der Waals surface area contributed by atoms with Gasteiger partial charge in [0.15, 0.2) is 0 Å². The monoisotopic (exact) mass is 338 g/mol. The molecule has 0 aromatic carbocycles. The first-order valence-corrected chi connectivity index (χ1v) is 8.23. The molecule has 134 valence electrons. The van der Waals surface area contributed by atoms with Gasteiger partial charge in [-0.2, -0.15) is 0 Å². The summed E-state index contributed by atoms with van der Waals surface area (Å²) >= 11 is 0. The van der Waals surface area contributed by atoms with E-state index in [0.717, 1.165) is 24.1 Å². The Morgan fingerprint density at radius 3 is 2.62 bits per heavy atom. The topological polar surface area (TPSA) is 85.6 Å². The van der Waals surface area contributed by atoms with Gasteiger partial charge in [0.05, 0.1) is 13.2 Å². The molecule has 24 heavy (non-hydrogen) atoms. The molecule has 1 fully saturated rings. The number of nitrogens with zero attached hydrogens (tertiary/aromatic N) is 3. The minimum atomic E-state index is -0.496. The van der Waals surface area contributed by atoms with E-state index in [9.17, 15) is 14.4 Å². The number of aromatic nitrogens is 2. The molecule has 1 atom stereocenters. The van der Waals surface area contributed by atoms with E-state index in [1.807, 2.05) is 0 Å². The highest BCUT2D eigenvalue weighted by Crippen LogP contribution is 2.19. The maximum absolute atomic E-state index is 12.2. The molecule has 1 aliphatic heterocycles. The van der Waals surface area contributed by atoms with Crippen molar-refractivity contribution in [3.8, 4) is 0 Å². The molecule has 1 N–H and O–H groups in total. The van der Waals surface area contributed by atoms with Crippen LogP contribution in [0.5, 0.6) is 0 Å². The van der Waals surface area contributed by atoms with Crippen LogP contribution < -0.4 is 16.6 Å². The van der Waals surface area contributed by atoms with E-state index in [1.54, 1.807) is 0 Å². The van der Waals surface area contributed by atoms with E-state index in [-0.39, 0.29) is 23.6 Å². The highest BCUT2D eigenvalue weighted by atomic mass is 16.5. The first kappa shape index (κ1) is 18.4. The Balaban J connectivity index is 1.98. The molecule has 0 spiro atoms. The van der Waals surface area contributed by atoms with Crippen molar-refractivity contribution >= 4 is 5.91 Å². The van der Waals surface area contributed by atoms with Crippen LogP contribution in [-0.2, 0) is 23.1 Å². The van der Waals surface area contributed by atoms with Crippen molar-refractivity contribution in [1.82, 2.24) is 19.4 Å². The quantitative estimate of drug-likeness (QED) is 0.731. The molecular formula is C16H26N4O4. The predicted octanol–water partition coefficient (Wildman–Crippen LogP) is -0.836. The minimum absolute atomic E-state index is 0.101. The van der Waals surface area contributed by atoms with Crippen LogP contribution in [0.2, 0.25) is 0 Å². The Hall–Kier alpha value is -1.93. The molecule has 1 aromatic rings. The van der Waals surface area contributed by atoms with E-state index in [4.69, 9.17) is 4.74 Å². The second-order valence-corrected chi connectivity index (χ2v) is 6.35. The highest BCUT2D eigenvalue weighted by Gasteiger charge is 2.31. The maximum atomic E-state index is 12.2. The van der Waals surface area contributed by atoms with Gasteiger partial charge in [-0.25, -0.2) is 4.79 Å². The number of carbonyl (C=O) groups is 1. The van der Waals surface area contributed by atoms with Gasteiger partial charge in [-0.3, -0.25) is 23.6 Å². The van der Waals surface area contributed by atoms with Gasteiger partial charge in [-0.1, -0.05) is 6.92 Å². The van der Waals surface area contributed by atoms with Crippen molar-refractivity contribution < 1.29 is 9.53 Å². The molecule has 0 bridgehead atoms. The molecule has 0 unspecified atom stereocenters. The maximum Gasteiger partial charge on any atom is 0.331 e. The average molecular weight is 338 g/mol. The first-order valence-electron chi connectivity index (χ1n) is 8.23. The third-order valence-electron chi connectivity index (χ3n) is 4.78. The number of amides is 1. The average Bonchev–Trinajstić information content (AvgIpc) is 2.61. The molecule has 0 radical (unpaired) electrons. The fraction of sp³-hybridized carbons (Fsp3) is 0.688. The van der Waals surface area contributed by atoms with Crippen molar-refractivity contribution in [3.05, 3.63) is 33.1 Å². The Labute approximate surface area is 141 Å². The van der Waals surface area contributed by atoms with Crippen molar-refractivity contribution in [2.75, 3.05) is 32.8 Å². The van der Waals surface area contributed by atoms with Crippen molar-refractivity contribution in [2.45, 2.75) is 32.4 Å². The molecule has 2 heterocycles. The summed E-state index contributed by atoms with van der Waals surface area (Å²) in [5, 5.41) is 2.91. The molecule has 8 nitrogen and oxygen atoms in total. The summed E-state index contributed by atoms with van der Waals surface area (Å²) in [6.07, 6.45) is 2.25. The molecule has 1 saturated heterocycles. The molecule has 1 aromatic heterocycles. The lowest BCUT2D eigenvalue weighted by atomic mass is 9.95. The van der Waals surface area contributed by atoms with Crippen molar-refractivity contribution in [1.29, 1.82) is 0 Å². The zero-order valence-electron chi connectivity index (χ0n) is 14.6. The summed E-state index contributed by atoms with van der Waals surface area (Å²) in [4.78, 5) is 37.9. The largest absolute Gasteiger partial charge is 0.379 e. The van der Waals surface area contributed by atoms with Crippen LogP contribution >= 0.6 is 0 Å². The van der Waals surface area contributed by atoms with Gasteiger partial charge < -0.3 is 10.1 Å². The Bertz CT molecular complexity index is 690. The Morgan fingerprint density at radius 1 is 1.33 bits per heavy atom. The van der Waals surface area contributed by atoms with Crippen LogP contribution in [0.3, 0.4) is 0 Å². The summed E-state index contributed by atoms with van der Waals surface area (Å²) in [5.41, 5.74) is -1.03. The number of rotatable bonds is 6.